The van der Waals surface area contributed by atoms with Crippen LogP contribution in [0, 0.1) is 0 Å². The highest BCUT2D eigenvalue weighted by atomic mass is 16.5. The number of aromatic nitrogens is 2. The summed E-state index contributed by atoms with van der Waals surface area (Å²) in [6.07, 6.45) is 3.34. The van der Waals surface area contributed by atoms with Crippen LogP contribution in [-0.4, -0.2) is 21.2 Å². The van der Waals surface area contributed by atoms with Crippen molar-refractivity contribution in [1.29, 1.82) is 0 Å². The van der Waals surface area contributed by atoms with Gasteiger partial charge in [0.25, 0.3) is 5.89 Å². The molecule has 1 heterocycles. The molecule has 0 bridgehead atoms. The smallest absolute Gasteiger partial charge is 0.328 e. The first kappa shape index (κ1) is 6.47. The Morgan fingerprint density at radius 2 is 2.60 bits per heavy atom. The molecule has 0 saturated heterocycles. The van der Waals surface area contributed by atoms with Crippen LogP contribution < -0.4 is 0 Å². The number of rotatable bonds is 2. The average Bonchev–Trinajstić information content (AvgIpc) is 2.34. The van der Waals surface area contributed by atoms with Crippen molar-refractivity contribution in [3.05, 3.63) is 18.3 Å². The van der Waals surface area contributed by atoms with Gasteiger partial charge in [-0.2, -0.15) is 4.98 Å². The normalized spacial score (nSPS) is 10.4. The molecule has 0 aromatic carbocycles. The number of carboxylic acid groups (broad SMARTS) is 1. The second kappa shape index (κ2) is 2.77. The van der Waals surface area contributed by atoms with Gasteiger partial charge in [-0.15, -0.1) is 0 Å². The lowest BCUT2D eigenvalue weighted by atomic mass is 10.5. The molecule has 1 aromatic heterocycles. The largest absolute Gasteiger partial charge is 0.478 e. The van der Waals surface area contributed by atoms with Gasteiger partial charge in [0.15, 0.2) is 6.33 Å². The molecular weight excluding hydrogens is 136 g/mol. The van der Waals surface area contributed by atoms with Gasteiger partial charge >= 0.3 is 5.97 Å². The van der Waals surface area contributed by atoms with Gasteiger partial charge < -0.3 is 9.63 Å². The van der Waals surface area contributed by atoms with E-state index in [0.29, 0.717) is 0 Å². The van der Waals surface area contributed by atoms with E-state index in [1.165, 1.54) is 12.4 Å². The van der Waals surface area contributed by atoms with Gasteiger partial charge in [-0.05, 0) is 0 Å². The standard InChI is InChI=1S/C5H4N2O3/c8-5(9)2-1-4-6-3-7-10-4/h1-3H,(H,8,9)/b2-1+. The molecule has 0 aliphatic rings. The zero-order chi connectivity index (χ0) is 7.40. The Morgan fingerprint density at radius 1 is 1.80 bits per heavy atom. The van der Waals surface area contributed by atoms with E-state index in [0.717, 1.165) is 6.08 Å². The highest BCUT2D eigenvalue weighted by Gasteiger charge is 1.91. The summed E-state index contributed by atoms with van der Waals surface area (Å²) in [5, 5.41) is 11.4. The topological polar surface area (TPSA) is 76.2 Å². The molecule has 0 radical (unpaired) electrons. The highest BCUT2D eigenvalue weighted by Crippen LogP contribution is 1.92. The molecule has 5 nitrogen and oxygen atoms in total. The van der Waals surface area contributed by atoms with Gasteiger partial charge in [-0.25, -0.2) is 4.79 Å². The number of nitrogens with zero attached hydrogens (tertiary/aromatic N) is 2. The monoisotopic (exact) mass is 140 g/mol. The zero-order valence-electron chi connectivity index (χ0n) is 4.89. The lowest BCUT2D eigenvalue weighted by Crippen LogP contribution is -1.85. The van der Waals surface area contributed by atoms with Crippen LogP contribution >= 0.6 is 0 Å². The fourth-order valence-electron chi connectivity index (χ4n) is 0.398. The number of hydrogen-bond donors (Lipinski definition) is 1. The first-order valence-corrected chi connectivity index (χ1v) is 2.47. The third-order valence-corrected chi connectivity index (χ3v) is 0.747. The van der Waals surface area contributed by atoms with E-state index in [-0.39, 0.29) is 5.89 Å². The molecule has 0 fully saturated rings. The maximum absolute atomic E-state index is 9.92. The van der Waals surface area contributed by atoms with E-state index < -0.39 is 5.97 Å². The number of aliphatic carboxylic acids is 1. The summed E-state index contributed by atoms with van der Waals surface area (Å²) in [7, 11) is 0. The minimum atomic E-state index is -1.04. The van der Waals surface area contributed by atoms with E-state index in [1.807, 2.05) is 0 Å². The van der Waals surface area contributed by atoms with Crippen molar-refractivity contribution in [1.82, 2.24) is 10.1 Å². The third kappa shape index (κ3) is 1.70. The number of carboxylic acids is 1. The molecule has 0 saturated carbocycles. The maximum Gasteiger partial charge on any atom is 0.328 e. The maximum atomic E-state index is 9.92. The highest BCUT2D eigenvalue weighted by molar-refractivity contribution is 5.84. The summed E-state index contributed by atoms with van der Waals surface area (Å²) in [6, 6.07) is 0. The molecular formula is C5H4N2O3. The minimum Gasteiger partial charge on any atom is -0.478 e. The molecule has 0 aliphatic heterocycles. The molecule has 0 atom stereocenters. The summed E-state index contributed by atoms with van der Waals surface area (Å²) in [4.78, 5) is 13.5. The summed E-state index contributed by atoms with van der Waals surface area (Å²) in [5.41, 5.74) is 0. The van der Waals surface area contributed by atoms with E-state index in [4.69, 9.17) is 5.11 Å². The molecule has 52 valence electrons. The average molecular weight is 140 g/mol. The minimum absolute atomic E-state index is 0.183. The van der Waals surface area contributed by atoms with E-state index in [1.54, 1.807) is 0 Å². The fourth-order valence-corrected chi connectivity index (χ4v) is 0.398. The van der Waals surface area contributed by atoms with Gasteiger partial charge in [-0.3, -0.25) is 0 Å². The van der Waals surface area contributed by atoms with Crippen LogP contribution in [0.25, 0.3) is 6.08 Å². The quantitative estimate of drug-likeness (QED) is 0.592. The molecule has 0 unspecified atom stereocenters. The Labute approximate surface area is 56.0 Å². The van der Waals surface area contributed by atoms with Gasteiger partial charge in [0.2, 0.25) is 0 Å². The summed E-state index contributed by atoms with van der Waals surface area (Å²) >= 11 is 0. The molecule has 5 heteroatoms. The molecule has 0 amide bonds. The van der Waals surface area contributed by atoms with Gasteiger partial charge in [0.1, 0.15) is 0 Å². The first-order chi connectivity index (χ1) is 4.79. The Bertz CT molecular complexity index is 239. The van der Waals surface area contributed by atoms with Crippen LogP contribution in [0.4, 0.5) is 0 Å². The molecule has 1 rings (SSSR count). The Balaban J connectivity index is 2.64. The Kier molecular flexibility index (Phi) is 1.79. The van der Waals surface area contributed by atoms with Crippen molar-refractivity contribution in [2.24, 2.45) is 0 Å². The van der Waals surface area contributed by atoms with Gasteiger partial charge in [-0.1, -0.05) is 5.16 Å². The van der Waals surface area contributed by atoms with E-state index >= 15 is 0 Å². The lowest BCUT2D eigenvalue weighted by molar-refractivity contribution is -0.131. The van der Waals surface area contributed by atoms with Crippen molar-refractivity contribution in [2.75, 3.05) is 0 Å². The molecule has 0 spiro atoms. The Hall–Kier alpha value is -1.65. The molecule has 10 heavy (non-hydrogen) atoms. The van der Waals surface area contributed by atoms with Crippen LogP contribution in [0.1, 0.15) is 5.89 Å². The van der Waals surface area contributed by atoms with Crippen LogP contribution in [-0.2, 0) is 4.79 Å². The van der Waals surface area contributed by atoms with Crippen LogP contribution in [0.3, 0.4) is 0 Å². The van der Waals surface area contributed by atoms with Crippen molar-refractivity contribution in [2.45, 2.75) is 0 Å². The molecule has 1 aromatic rings. The van der Waals surface area contributed by atoms with Crippen LogP contribution in [0.2, 0.25) is 0 Å². The number of carbonyl (C=O) groups is 1. The zero-order valence-corrected chi connectivity index (χ0v) is 4.89. The SMILES string of the molecule is O=C(O)/C=C/c1ncno1. The summed E-state index contributed by atoms with van der Waals surface area (Å²) in [5.74, 6) is -0.861. The number of hydrogen-bond acceptors (Lipinski definition) is 4. The second-order valence-corrected chi connectivity index (χ2v) is 1.45. The Morgan fingerprint density at radius 3 is 3.10 bits per heavy atom. The first-order valence-electron chi connectivity index (χ1n) is 2.47. The van der Waals surface area contributed by atoms with Gasteiger partial charge in [0.05, 0.1) is 0 Å². The van der Waals surface area contributed by atoms with Crippen molar-refractivity contribution in [3.8, 4) is 0 Å². The summed E-state index contributed by atoms with van der Waals surface area (Å²) in [6.45, 7) is 0. The van der Waals surface area contributed by atoms with Crippen LogP contribution in [0.15, 0.2) is 16.9 Å². The van der Waals surface area contributed by atoms with Crippen molar-refractivity contribution < 1.29 is 14.4 Å². The fraction of sp³-hybridized carbons (Fsp3) is 0. The van der Waals surface area contributed by atoms with E-state index in [2.05, 4.69) is 14.7 Å². The van der Waals surface area contributed by atoms with Crippen LogP contribution in [0.5, 0.6) is 0 Å². The predicted molar refractivity (Wildman–Crippen MR) is 31.0 cm³/mol. The summed E-state index contributed by atoms with van der Waals surface area (Å²) < 4.78 is 4.47. The molecule has 1 N–H and O–H groups in total. The van der Waals surface area contributed by atoms with Gasteiger partial charge in [0, 0.05) is 12.2 Å². The van der Waals surface area contributed by atoms with E-state index in [9.17, 15) is 4.79 Å². The second-order valence-electron chi connectivity index (χ2n) is 1.45. The lowest BCUT2D eigenvalue weighted by Gasteiger charge is -1.75. The van der Waals surface area contributed by atoms with Crippen molar-refractivity contribution in [3.63, 3.8) is 0 Å². The third-order valence-electron chi connectivity index (χ3n) is 0.747. The van der Waals surface area contributed by atoms with Crippen molar-refractivity contribution >= 4 is 12.0 Å². The molecule has 0 aliphatic carbocycles. The predicted octanol–water partition coefficient (Wildman–Crippen LogP) is 0.167.